The Morgan fingerprint density at radius 2 is 1.22 bits per heavy atom. The van der Waals surface area contributed by atoms with Gasteiger partial charge >= 0.3 is 11.9 Å². The standard InChI is InChI=1S/C55H64N10O9/c1-38(40-11-5-3-6-12-40)58-51(67)32-62-23-21-56-22-24-63(33-52(68)59-39(2)41-13-7-4-8-14-41)26-28-64(27-25-62)34-53(69)60-43-17-18-45-46(31-50(66)61-47(45)30-43)42-16-19-48(65(35-54(70)71)36-55(72)73)49(29-42)74-37-44-15-9-10-20-57-44/h3-20,29-31,38-39,56H,21-28,32-37H2,1-2H3,(H,58,67)(H,59,68)(H,60,69)(H,61,66)(H,70,71)(H,72,73)/t38-,39-/m1/s1. The molecule has 2 aromatic heterocycles. The molecule has 1 aliphatic heterocycles. The highest BCUT2D eigenvalue weighted by Gasteiger charge is 2.23. The molecule has 19 heteroatoms. The number of amides is 3. The van der Waals surface area contributed by atoms with Crippen LogP contribution in [0.2, 0.25) is 0 Å². The molecule has 1 aliphatic rings. The van der Waals surface area contributed by atoms with Gasteiger partial charge in [-0.25, -0.2) is 0 Å². The molecule has 3 amide bonds. The fourth-order valence-corrected chi connectivity index (χ4v) is 8.83. The molecular formula is C55H64N10O9. The van der Waals surface area contributed by atoms with Crippen molar-refractivity contribution in [1.82, 2.24) is 40.6 Å². The van der Waals surface area contributed by atoms with Crippen molar-refractivity contribution in [1.29, 1.82) is 0 Å². The van der Waals surface area contributed by atoms with Gasteiger partial charge in [-0.1, -0.05) is 78.9 Å². The van der Waals surface area contributed by atoms with E-state index in [1.54, 1.807) is 60.8 Å². The maximum absolute atomic E-state index is 14.0. The summed E-state index contributed by atoms with van der Waals surface area (Å²) in [5.74, 6) is -2.82. The Balaban J connectivity index is 1.08. The number of hydrogen-bond acceptors (Lipinski definition) is 13. The van der Waals surface area contributed by atoms with Gasteiger partial charge in [-0.3, -0.25) is 48.5 Å². The number of carboxylic acid groups (broad SMARTS) is 2. The number of carboxylic acids is 2. The number of anilines is 2. The quantitative estimate of drug-likeness (QED) is 0.0563. The predicted molar refractivity (Wildman–Crippen MR) is 283 cm³/mol. The second-order valence-corrected chi connectivity index (χ2v) is 18.3. The van der Waals surface area contributed by atoms with Crippen LogP contribution in [0.4, 0.5) is 11.4 Å². The van der Waals surface area contributed by atoms with Gasteiger partial charge in [0.2, 0.25) is 23.3 Å². The fraction of sp³-hybridized carbons (Fsp3) is 0.327. The van der Waals surface area contributed by atoms with Crippen molar-refractivity contribution in [3.63, 3.8) is 0 Å². The molecular weight excluding hydrogens is 945 g/mol. The van der Waals surface area contributed by atoms with Gasteiger partial charge in [-0.15, -0.1) is 0 Å². The van der Waals surface area contributed by atoms with Crippen molar-refractivity contribution in [3.8, 4) is 16.9 Å². The van der Waals surface area contributed by atoms with Crippen molar-refractivity contribution < 1.29 is 38.9 Å². The predicted octanol–water partition coefficient (Wildman–Crippen LogP) is 4.35. The number of ether oxygens (including phenoxy) is 1. The zero-order valence-electron chi connectivity index (χ0n) is 41.7. The molecule has 7 rings (SSSR count). The van der Waals surface area contributed by atoms with E-state index >= 15 is 0 Å². The SMILES string of the molecule is C[C@@H](NC(=O)CN1CCNCCN(CC(=O)N[C@H](C)c2ccccc2)CCN(CC(=O)Nc2ccc3c(-c4ccc(N(CC(=O)O)CC(=O)O)c(OCc5ccccn5)c4)cc(=O)[nH]c3c2)CC1)c1ccccc1. The molecule has 3 heterocycles. The van der Waals surface area contributed by atoms with Crippen molar-refractivity contribution in [2.24, 2.45) is 0 Å². The van der Waals surface area contributed by atoms with Crippen molar-refractivity contribution in [3.05, 3.63) is 155 Å². The van der Waals surface area contributed by atoms with Gasteiger partial charge in [0.05, 0.1) is 48.6 Å². The van der Waals surface area contributed by atoms with E-state index in [0.29, 0.717) is 85.8 Å². The number of aromatic amines is 1. The Hall–Kier alpha value is -7.97. The zero-order valence-corrected chi connectivity index (χ0v) is 41.7. The topological polar surface area (TPSA) is 242 Å². The summed E-state index contributed by atoms with van der Waals surface area (Å²) in [5, 5.41) is 32.6. The lowest BCUT2D eigenvalue weighted by Gasteiger charge is -2.31. The van der Waals surface area contributed by atoms with Gasteiger partial charge in [0.25, 0.3) is 0 Å². The summed E-state index contributed by atoms with van der Waals surface area (Å²) in [6.07, 6.45) is 1.60. The van der Waals surface area contributed by atoms with Gasteiger partial charge in [-0.2, -0.15) is 0 Å². The fourth-order valence-electron chi connectivity index (χ4n) is 8.83. The van der Waals surface area contributed by atoms with Gasteiger partial charge in [0, 0.05) is 75.7 Å². The maximum atomic E-state index is 14.0. The highest BCUT2D eigenvalue weighted by Crippen LogP contribution is 2.36. The first-order valence-electron chi connectivity index (χ1n) is 24.6. The van der Waals surface area contributed by atoms with Crippen LogP contribution >= 0.6 is 0 Å². The Labute approximate surface area is 429 Å². The van der Waals surface area contributed by atoms with Crippen LogP contribution in [0.3, 0.4) is 0 Å². The Morgan fingerprint density at radius 3 is 1.77 bits per heavy atom. The lowest BCUT2D eigenvalue weighted by Crippen LogP contribution is -2.49. The highest BCUT2D eigenvalue weighted by atomic mass is 16.5. The molecule has 1 fully saturated rings. The molecule has 1 saturated heterocycles. The van der Waals surface area contributed by atoms with E-state index in [2.05, 4.69) is 41.0 Å². The first kappa shape index (κ1) is 53.8. The molecule has 0 bridgehead atoms. The second-order valence-electron chi connectivity index (χ2n) is 18.3. The number of H-pyrrole nitrogens is 1. The number of benzene rings is 4. The molecule has 0 saturated carbocycles. The number of fused-ring (bicyclic) bond motifs is 1. The summed E-state index contributed by atoms with van der Waals surface area (Å²) in [7, 11) is 0. The van der Waals surface area contributed by atoms with E-state index in [-0.39, 0.29) is 67.5 Å². The van der Waals surface area contributed by atoms with E-state index in [0.717, 1.165) is 11.1 Å². The van der Waals surface area contributed by atoms with Crippen LogP contribution in [0.5, 0.6) is 5.75 Å². The van der Waals surface area contributed by atoms with Crippen LogP contribution in [-0.2, 0) is 30.6 Å². The Kier molecular flexibility index (Phi) is 19.4. The number of nitrogens with zero attached hydrogens (tertiary/aromatic N) is 5. The first-order valence-corrected chi connectivity index (χ1v) is 24.6. The van der Waals surface area contributed by atoms with E-state index in [4.69, 9.17) is 4.74 Å². The minimum atomic E-state index is -1.24. The number of carbonyl (C=O) groups excluding carboxylic acids is 3. The average molecular weight is 1010 g/mol. The third-order valence-corrected chi connectivity index (χ3v) is 12.6. The number of pyridine rings is 2. The summed E-state index contributed by atoms with van der Waals surface area (Å²) in [6, 6.07) is 35.9. The van der Waals surface area contributed by atoms with Crippen LogP contribution in [-0.4, -0.2) is 150 Å². The summed E-state index contributed by atoms with van der Waals surface area (Å²) in [6.45, 7) is 7.28. The third kappa shape index (κ3) is 16.3. The number of hydrogen-bond donors (Lipinski definition) is 7. The lowest BCUT2D eigenvalue weighted by molar-refractivity contribution is -0.136. The lowest BCUT2D eigenvalue weighted by atomic mass is 10.00. The van der Waals surface area contributed by atoms with Gasteiger partial charge in [-0.05, 0) is 72.5 Å². The summed E-state index contributed by atoms with van der Waals surface area (Å²) in [5.41, 5.74) is 4.28. The molecule has 0 radical (unpaired) electrons. The second kappa shape index (κ2) is 26.6. The van der Waals surface area contributed by atoms with E-state index < -0.39 is 30.6 Å². The van der Waals surface area contributed by atoms with Gasteiger partial charge in [0.15, 0.2) is 0 Å². The van der Waals surface area contributed by atoms with Crippen molar-refractivity contribution in [2.45, 2.75) is 32.5 Å². The van der Waals surface area contributed by atoms with Crippen LogP contribution in [0, 0.1) is 0 Å². The summed E-state index contributed by atoms with van der Waals surface area (Å²) < 4.78 is 6.17. The highest BCUT2D eigenvalue weighted by molar-refractivity contribution is 5.99. The largest absolute Gasteiger partial charge is 0.485 e. The Morgan fingerprint density at radius 1 is 0.662 bits per heavy atom. The summed E-state index contributed by atoms with van der Waals surface area (Å²) >= 11 is 0. The number of aliphatic carboxylic acids is 2. The van der Waals surface area contributed by atoms with E-state index in [9.17, 15) is 39.0 Å². The van der Waals surface area contributed by atoms with Crippen molar-refractivity contribution in [2.75, 3.05) is 95.3 Å². The van der Waals surface area contributed by atoms with Crippen LogP contribution < -0.4 is 36.5 Å². The first-order chi connectivity index (χ1) is 35.8. The van der Waals surface area contributed by atoms with E-state index in [1.165, 1.54) is 11.0 Å². The number of rotatable bonds is 20. The van der Waals surface area contributed by atoms with Gasteiger partial charge < -0.3 is 46.1 Å². The molecule has 388 valence electrons. The van der Waals surface area contributed by atoms with Gasteiger partial charge in [0.1, 0.15) is 25.4 Å². The maximum Gasteiger partial charge on any atom is 0.323 e. The van der Waals surface area contributed by atoms with Crippen LogP contribution in [0.15, 0.2) is 132 Å². The summed E-state index contributed by atoms with van der Waals surface area (Å²) in [4.78, 5) is 92.2. The smallest absolute Gasteiger partial charge is 0.323 e. The van der Waals surface area contributed by atoms with Crippen LogP contribution in [0.1, 0.15) is 42.8 Å². The molecule has 6 aromatic rings. The third-order valence-electron chi connectivity index (χ3n) is 12.6. The minimum absolute atomic E-state index is 0.00258. The molecule has 7 N–H and O–H groups in total. The molecule has 0 unspecified atom stereocenters. The molecule has 2 atom stereocenters. The normalized spacial score (nSPS) is 14.9. The Bertz CT molecular complexity index is 2820. The van der Waals surface area contributed by atoms with Crippen molar-refractivity contribution >= 4 is 51.9 Å². The zero-order chi connectivity index (χ0) is 52.4. The number of nitrogens with one attached hydrogen (secondary N) is 5. The molecule has 4 aromatic carbocycles. The number of aromatic nitrogens is 2. The monoisotopic (exact) mass is 1010 g/mol. The molecule has 74 heavy (non-hydrogen) atoms. The van der Waals surface area contributed by atoms with E-state index in [1.807, 2.05) is 79.4 Å². The van der Waals surface area contributed by atoms with Crippen LogP contribution in [0.25, 0.3) is 22.0 Å². The minimum Gasteiger partial charge on any atom is -0.485 e. The molecule has 0 aliphatic carbocycles. The average Bonchev–Trinajstić information content (AvgIpc) is 3.37. The molecule has 19 nitrogen and oxygen atoms in total. The number of carbonyl (C=O) groups is 5. The molecule has 0 spiro atoms.